The molecule has 1 aromatic heterocycles. The SMILES string of the molecule is Cc1ccc(C)c(S(=O)(=O)NCC(=O)N2CCN(c3ccccn3)CC2)c1. The molecule has 0 aliphatic carbocycles. The average Bonchev–Trinajstić information content (AvgIpc) is 2.69. The van der Waals surface area contributed by atoms with Gasteiger partial charge in [0, 0.05) is 32.4 Å². The number of rotatable bonds is 5. The predicted molar refractivity (Wildman–Crippen MR) is 104 cm³/mol. The molecule has 1 aliphatic rings. The maximum atomic E-state index is 12.5. The minimum absolute atomic E-state index is 0.218. The number of aryl methyl sites for hydroxylation is 2. The van der Waals surface area contributed by atoms with Gasteiger partial charge in [-0.05, 0) is 43.2 Å². The lowest BCUT2D eigenvalue weighted by Crippen LogP contribution is -2.51. The Morgan fingerprint density at radius 2 is 1.85 bits per heavy atom. The van der Waals surface area contributed by atoms with E-state index in [1.165, 1.54) is 0 Å². The maximum absolute atomic E-state index is 12.5. The van der Waals surface area contributed by atoms with E-state index in [0.717, 1.165) is 11.4 Å². The zero-order valence-electron chi connectivity index (χ0n) is 15.6. The first kappa shape index (κ1) is 19.3. The molecule has 144 valence electrons. The van der Waals surface area contributed by atoms with Gasteiger partial charge < -0.3 is 9.80 Å². The lowest BCUT2D eigenvalue weighted by molar-refractivity contribution is -0.130. The van der Waals surface area contributed by atoms with Crippen molar-refractivity contribution in [3.05, 3.63) is 53.7 Å². The second-order valence-electron chi connectivity index (χ2n) is 6.65. The second kappa shape index (κ2) is 8.06. The molecule has 27 heavy (non-hydrogen) atoms. The summed E-state index contributed by atoms with van der Waals surface area (Å²) in [5.74, 6) is 0.671. The third kappa shape index (κ3) is 4.64. The van der Waals surface area contributed by atoms with Crippen molar-refractivity contribution in [2.75, 3.05) is 37.6 Å². The van der Waals surface area contributed by atoms with E-state index >= 15 is 0 Å². The Labute approximate surface area is 160 Å². The first-order valence-electron chi connectivity index (χ1n) is 8.87. The highest BCUT2D eigenvalue weighted by Crippen LogP contribution is 2.17. The number of nitrogens with zero attached hydrogens (tertiary/aromatic N) is 3. The molecule has 0 atom stereocenters. The van der Waals surface area contributed by atoms with Crippen molar-refractivity contribution in [3.63, 3.8) is 0 Å². The van der Waals surface area contributed by atoms with Crippen LogP contribution in [0.25, 0.3) is 0 Å². The van der Waals surface area contributed by atoms with Crippen LogP contribution in [0, 0.1) is 13.8 Å². The van der Waals surface area contributed by atoms with Crippen molar-refractivity contribution in [2.45, 2.75) is 18.7 Å². The van der Waals surface area contributed by atoms with Crippen LogP contribution in [-0.4, -0.2) is 56.9 Å². The average molecular weight is 388 g/mol. The maximum Gasteiger partial charge on any atom is 0.241 e. The fourth-order valence-corrected chi connectivity index (χ4v) is 4.37. The summed E-state index contributed by atoms with van der Waals surface area (Å²) in [6, 6.07) is 11.0. The summed E-state index contributed by atoms with van der Waals surface area (Å²) in [5, 5.41) is 0. The summed E-state index contributed by atoms with van der Waals surface area (Å²) in [7, 11) is -3.72. The summed E-state index contributed by atoms with van der Waals surface area (Å²) >= 11 is 0. The molecular weight excluding hydrogens is 364 g/mol. The normalized spacial score (nSPS) is 15.0. The minimum Gasteiger partial charge on any atom is -0.353 e. The number of hydrogen-bond donors (Lipinski definition) is 1. The fourth-order valence-electron chi connectivity index (χ4n) is 3.07. The number of aromatic nitrogens is 1. The summed E-state index contributed by atoms with van der Waals surface area (Å²) in [5.41, 5.74) is 1.52. The molecule has 1 saturated heterocycles. The zero-order valence-corrected chi connectivity index (χ0v) is 16.4. The molecule has 0 saturated carbocycles. The molecule has 0 unspecified atom stereocenters. The number of sulfonamides is 1. The standard InChI is InChI=1S/C19H24N4O3S/c1-15-6-7-16(2)17(13-15)27(25,26)21-14-19(24)23-11-9-22(10-12-23)18-5-3-4-8-20-18/h3-8,13,21H,9-12,14H2,1-2H3. The van der Waals surface area contributed by atoms with Crippen LogP contribution >= 0.6 is 0 Å². The van der Waals surface area contributed by atoms with E-state index in [1.54, 1.807) is 30.2 Å². The Morgan fingerprint density at radius 3 is 2.52 bits per heavy atom. The van der Waals surface area contributed by atoms with Crippen LogP contribution in [0.1, 0.15) is 11.1 Å². The molecule has 7 nitrogen and oxygen atoms in total. The summed E-state index contributed by atoms with van der Waals surface area (Å²) in [6.45, 7) is 5.77. The molecule has 3 rings (SSSR count). The highest BCUT2D eigenvalue weighted by Gasteiger charge is 2.24. The number of benzene rings is 1. The second-order valence-corrected chi connectivity index (χ2v) is 8.38. The molecule has 0 spiro atoms. The molecular formula is C19H24N4O3S. The van der Waals surface area contributed by atoms with Gasteiger partial charge in [0.25, 0.3) is 0 Å². The van der Waals surface area contributed by atoms with Gasteiger partial charge in [-0.1, -0.05) is 18.2 Å². The van der Waals surface area contributed by atoms with Crippen LogP contribution < -0.4 is 9.62 Å². The first-order valence-corrected chi connectivity index (χ1v) is 10.4. The lowest BCUT2D eigenvalue weighted by Gasteiger charge is -2.35. The zero-order chi connectivity index (χ0) is 19.4. The van der Waals surface area contributed by atoms with Gasteiger partial charge in [-0.25, -0.2) is 18.1 Å². The third-order valence-corrected chi connectivity index (χ3v) is 6.20. The molecule has 1 aromatic carbocycles. The number of nitrogens with one attached hydrogen (secondary N) is 1. The topological polar surface area (TPSA) is 82.6 Å². The number of piperazine rings is 1. The van der Waals surface area contributed by atoms with Gasteiger partial charge in [0.05, 0.1) is 11.4 Å². The minimum atomic E-state index is -3.72. The van der Waals surface area contributed by atoms with Crippen LogP contribution in [0.15, 0.2) is 47.5 Å². The van der Waals surface area contributed by atoms with Crippen LogP contribution in [-0.2, 0) is 14.8 Å². The number of amides is 1. The first-order chi connectivity index (χ1) is 12.9. The number of anilines is 1. The molecule has 1 aliphatic heterocycles. The molecule has 1 fully saturated rings. The quantitative estimate of drug-likeness (QED) is 0.836. The van der Waals surface area contributed by atoms with Gasteiger partial charge in [-0.15, -0.1) is 0 Å². The third-order valence-electron chi connectivity index (χ3n) is 4.65. The number of hydrogen-bond acceptors (Lipinski definition) is 5. The van der Waals surface area contributed by atoms with Crippen molar-refractivity contribution < 1.29 is 13.2 Å². The fraction of sp³-hybridized carbons (Fsp3) is 0.368. The Balaban J connectivity index is 1.56. The predicted octanol–water partition coefficient (Wildman–Crippen LogP) is 1.33. The Kier molecular flexibility index (Phi) is 5.76. The number of pyridine rings is 1. The highest BCUT2D eigenvalue weighted by molar-refractivity contribution is 7.89. The van der Waals surface area contributed by atoms with Crippen molar-refractivity contribution in [1.82, 2.24) is 14.6 Å². The molecule has 1 N–H and O–H groups in total. The Bertz CT molecular complexity index is 908. The van der Waals surface area contributed by atoms with Gasteiger partial charge in [0.2, 0.25) is 15.9 Å². The Morgan fingerprint density at radius 1 is 1.11 bits per heavy atom. The largest absolute Gasteiger partial charge is 0.353 e. The summed E-state index contributed by atoms with van der Waals surface area (Å²) in [6.07, 6.45) is 1.74. The van der Waals surface area contributed by atoms with E-state index in [4.69, 9.17) is 0 Å². The van der Waals surface area contributed by atoms with Crippen molar-refractivity contribution in [1.29, 1.82) is 0 Å². The number of carbonyl (C=O) groups excluding carboxylic acids is 1. The van der Waals surface area contributed by atoms with E-state index in [-0.39, 0.29) is 17.3 Å². The van der Waals surface area contributed by atoms with Gasteiger partial charge in [0.1, 0.15) is 5.82 Å². The summed E-state index contributed by atoms with van der Waals surface area (Å²) in [4.78, 5) is 20.8. The van der Waals surface area contributed by atoms with E-state index in [2.05, 4.69) is 14.6 Å². The monoisotopic (exact) mass is 388 g/mol. The molecule has 0 radical (unpaired) electrons. The molecule has 1 amide bonds. The molecule has 2 aromatic rings. The van der Waals surface area contributed by atoms with Crippen LogP contribution in [0.5, 0.6) is 0 Å². The van der Waals surface area contributed by atoms with E-state index in [0.29, 0.717) is 31.7 Å². The molecule has 8 heteroatoms. The summed E-state index contributed by atoms with van der Waals surface area (Å²) < 4.78 is 27.5. The Hall–Kier alpha value is -2.45. The highest BCUT2D eigenvalue weighted by atomic mass is 32.2. The smallest absolute Gasteiger partial charge is 0.241 e. The van der Waals surface area contributed by atoms with Gasteiger partial charge in [-0.2, -0.15) is 0 Å². The van der Waals surface area contributed by atoms with Gasteiger partial charge >= 0.3 is 0 Å². The van der Waals surface area contributed by atoms with Crippen LogP contribution in [0.4, 0.5) is 5.82 Å². The number of carbonyl (C=O) groups is 1. The van der Waals surface area contributed by atoms with Crippen molar-refractivity contribution >= 4 is 21.7 Å². The molecule has 2 heterocycles. The van der Waals surface area contributed by atoms with Gasteiger partial charge in [-0.3, -0.25) is 4.79 Å². The van der Waals surface area contributed by atoms with E-state index in [1.807, 2.05) is 31.2 Å². The van der Waals surface area contributed by atoms with E-state index in [9.17, 15) is 13.2 Å². The molecule has 0 bridgehead atoms. The van der Waals surface area contributed by atoms with Crippen LogP contribution in [0.3, 0.4) is 0 Å². The van der Waals surface area contributed by atoms with Crippen LogP contribution in [0.2, 0.25) is 0 Å². The lowest BCUT2D eigenvalue weighted by atomic mass is 10.2. The van der Waals surface area contributed by atoms with E-state index < -0.39 is 10.0 Å². The van der Waals surface area contributed by atoms with Gasteiger partial charge in [0.15, 0.2) is 0 Å². The van der Waals surface area contributed by atoms with Crippen molar-refractivity contribution in [3.8, 4) is 0 Å². The van der Waals surface area contributed by atoms with Crippen molar-refractivity contribution in [2.24, 2.45) is 0 Å².